The fraction of sp³-hybridized carbons (Fsp3) is 0.538. The van der Waals surface area contributed by atoms with E-state index >= 15 is 0 Å². The molecule has 1 aliphatic carbocycles. The Morgan fingerprint density at radius 3 is 2.59 bits per heavy atom. The zero-order chi connectivity index (χ0) is 12.4. The normalized spacial score (nSPS) is 16.9. The van der Waals surface area contributed by atoms with E-state index in [9.17, 15) is 0 Å². The maximum absolute atomic E-state index is 6.00. The number of nitrogens with one attached hydrogen (secondary N) is 1. The van der Waals surface area contributed by atoms with Crippen LogP contribution >= 0.6 is 23.2 Å². The first kappa shape index (κ1) is 12.8. The molecule has 0 aliphatic heterocycles. The van der Waals surface area contributed by atoms with Crippen LogP contribution in [0.1, 0.15) is 32.6 Å². The molecule has 0 saturated heterocycles. The van der Waals surface area contributed by atoms with Gasteiger partial charge in [-0.3, -0.25) is 0 Å². The molecule has 1 aliphatic rings. The number of halogens is 2. The van der Waals surface area contributed by atoms with Gasteiger partial charge in [0.2, 0.25) is 0 Å². The Hall–Kier alpha value is -0.600. The fourth-order valence-corrected chi connectivity index (χ4v) is 2.33. The van der Waals surface area contributed by atoms with Crippen LogP contribution in [0.2, 0.25) is 10.0 Å². The highest BCUT2D eigenvalue weighted by atomic mass is 35.5. The fourth-order valence-electron chi connectivity index (χ4n) is 1.99. The van der Waals surface area contributed by atoms with Crippen molar-refractivity contribution in [3.8, 4) is 0 Å². The maximum atomic E-state index is 6.00. The zero-order valence-corrected chi connectivity index (χ0v) is 11.5. The molecule has 1 unspecified atom stereocenters. The second kappa shape index (κ2) is 5.36. The van der Waals surface area contributed by atoms with Crippen molar-refractivity contribution in [2.45, 2.75) is 38.6 Å². The summed E-state index contributed by atoms with van der Waals surface area (Å²) in [5.74, 6) is 0.899. The van der Waals surface area contributed by atoms with Crippen molar-refractivity contribution in [1.29, 1.82) is 0 Å². The molecule has 94 valence electrons. The number of nitrogens with two attached hydrogens (primary N) is 1. The zero-order valence-electron chi connectivity index (χ0n) is 9.97. The first-order valence-corrected chi connectivity index (χ1v) is 6.86. The molecular weight excluding hydrogens is 255 g/mol. The summed E-state index contributed by atoms with van der Waals surface area (Å²) in [6, 6.07) is 3.99. The van der Waals surface area contributed by atoms with Crippen LogP contribution in [0.25, 0.3) is 0 Å². The molecule has 1 fully saturated rings. The second-order valence-corrected chi connectivity index (χ2v) is 5.60. The van der Waals surface area contributed by atoms with Crippen molar-refractivity contribution in [2.75, 3.05) is 11.1 Å². The van der Waals surface area contributed by atoms with Gasteiger partial charge in [0.1, 0.15) is 0 Å². The molecule has 3 N–H and O–H groups in total. The van der Waals surface area contributed by atoms with Gasteiger partial charge in [0.15, 0.2) is 0 Å². The van der Waals surface area contributed by atoms with Gasteiger partial charge in [0.05, 0.1) is 21.4 Å². The summed E-state index contributed by atoms with van der Waals surface area (Å²) in [4.78, 5) is 0. The van der Waals surface area contributed by atoms with Crippen molar-refractivity contribution in [3.63, 3.8) is 0 Å². The van der Waals surface area contributed by atoms with Gasteiger partial charge in [-0.1, -0.05) is 43.0 Å². The van der Waals surface area contributed by atoms with E-state index in [1.165, 1.54) is 19.3 Å². The Morgan fingerprint density at radius 2 is 2.00 bits per heavy atom. The predicted molar refractivity (Wildman–Crippen MR) is 75.9 cm³/mol. The summed E-state index contributed by atoms with van der Waals surface area (Å²) in [7, 11) is 0. The average Bonchev–Trinajstić information content (AvgIpc) is 3.08. The molecule has 1 aromatic rings. The minimum absolute atomic E-state index is 0.474. The van der Waals surface area contributed by atoms with Crippen LogP contribution < -0.4 is 11.1 Å². The van der Waals surface area contributed by atoms with Gasteiger partial charge in [0, 0.05) is 6.04 Å². The number of benzene rings is 1. The van der Waals surface area contributed by atoms with Crippen molar-refractivity contribution in [1.82, 2.24) is 0 Å². The second-order valence-electron chi connectivity index (χ2n) is 4.78. The molecule has 2 nitrogen and oxygen atoms in total. The van der Waals surface area contributed by atoms with Gasteiger partial charge in [-0.2, -0.15) is 0 Å². The molecule has 4 heteroatoms. The summed E-state index contributed by atoms with van der Waals surface area (Å²) in [6.45, 7) is 2.19. The van der Waals surface area contributed by atoms with Gasteiger partial charge in [-0.25, -0.2) is 0 Å². The van der Waals surface area contributed by atoms with Crippen molar-refractivity contribution in [2.24, 2.45) is 5.92 Å². The minimum atomic E-state index is 0.474. The van der Waals surface area contributed by atoms with Gasteiger partial charge < -0.3 is 11.1 Å². The third kappa shape index (κ3) is 3.43. The SMILES string of the molecule is CCC(CC1CC1)Nc1cc(Cl)c(Cl)cc1N. The molecule has 1 saturated carbocycles. The van der Waals surface area contributed by atoms with Crippen molar-refractivity contribution in [3.05, 3.63) is 22.2 Å². The molecule has 0 heterocycles. The summed E-state index contributed by atoms with van der Waals surface area (Å²) < 4.78 is 0. The number of hydrogen-bond donors (Lipinski definition) is 2. The molecule has 1 aromatic carbocycles. The molecule has 1 atom stereocenters. The Labute approximate surface area is 112 Å². The Morgan fingerprint density at radius 1 is 1.35 bits per heavy atom. The molecule has 2 rings (SSSR count). The van der Waals surface area contributed by atoms with Gasteiger partial charge in [-0.15, -0.1) is 0 Å². The van der Waals surface area contributed by atoms with Gasteiger partial charge in [-0.05, 0) is 30.9 Å². The standard InChI is InChI=1S/C13H18Cl2N2/c1-2-9(5-8-3-4-8)17-13-7-11(15)10(14)6-12(13)16/h6-9,17H,2-5,16H2,1H3. The first-order chi connectivity index (χ1) is 8.10. The monoisotopic (exact) mass is 272 g/mol. The van der Waals surface area contributed by atoms with E-state index in [4.69, 9.17) is 28.9 Å². The largest absolute Gasteiger partial charge is 0.397 e. The Bertz CT molecular complexity index is 403. The van der Waals surface area contributed by atoms with Crippen molar-refractivity contribution >= 4 is 34.6 Å². The highest BCUT2D eigenvalue weighted by Crippen LogP contribution is 2.36. The molecule has 17 heavy (non-hydrogen) atoms. The molecule has 0 amide bonds. The number of hydrogen-bond acceptors (Lipinski definition) is 2. The van der Waals surface area contributed by atoms with E-state index in [2.05, 4.69) is 12.2 Å². The topological polar surface area (TPSA) is 38.0 Å². The number of anilines is 2. The quantitative estimate of drug-likeness (QED) is 0.771. The minimum Gasteiger partial charge on any atom is -0.397 e. The highest BCUT2D eigenvalue weighted by molar-refractivity contribution is 6.42. The predicted octanol–water partition coefficient (Wildman–Crippen LogP) is 4.57. The van der Waals surface area contributed by atoms with Gasteiger partial charge >= 0.3 is 0 Å². The van der Waals surface area contributed by atoms with Crippen LogP contribution in [0.15, 0.2) is 12.1 Å². The van der Waals surface area contributed by atoms with E-state index < -0.39 is 0 Å². The van der Waals surface area contributed by atoms with Crippen LogP contribution in [0, 0.1) is 5.92 Å². The van der Waals surface area contributed by atoms with E-state index in [-0.39, 0.29) is 0 Å². The lowest BCUT2D eigenvalue weighted by atomic mass is 10.1. The first-order valence-electron chi connectivity index (χ1n) is 6.11. The smallest absolute Gasteiger partial charge is 0.0614 e. The molecular formula is C13H18Cl2N2. The Balaban J connectivity index is 2.07. The van der Waals surface area contributed by atoms with Gasteiger partial charge in [0.25, 0.3) is 0 Å². The lowest BCUT2D eigenvalue weighted by Gasteiger charge is -2.19. The summed E-state index contributed by atoms with van der Waals surface area (Å²) in [5.41, 5.74) is 7.49. The van der Waals surface area contributed by atoms with Crippen LogP contribution in [0.5, 0.6) is 0 Å². The number of rotatable bonds is 5. The third-order valence-corrected chi connectivity index (χ3v) is 3.98. The lowest BCUT2D eigenvalue weighted by Crippen LogP contribution is -2.19. The molecule has 0 radical (unpaired) electrons. The Kier molecular flexibility index (Phi) is 4.05. The van der Waals surface area contributed by atoms with Crippen LogP contribution in [0.4, 0.5) is 11.4 Å². The van der Waals surface area contributed by atoms with E-state index in [0.29, 0.717) is 21.8 Å². The van der Waals surface area contributed by atoms with Crippen LogP contribution in [-0.4, -0.2) is 6.04 Å². The van der Waals surface area contributed by atoms with E-state index in [0.717, 1.165) is 18.0 Å². The van der Waals surface area contributed by atoms with Crippen LogP contribution in [0.3, 0.4) is 0 Å². The molecule has 0 spiro atoms. The summed E-state index contributed by atoms with van der Waals surface area (Å²) in [5, 5.41) is 4.52. The van der Waals surface area contributed by atoms with Crippen molar-refractivity contribution < 1.29 is 0 Å². The molecule has 0 bridgehead atoms. The average molecular weight is 273 g/mol. The van der Waals surface area contributed by atoms with E-state index in [1.54, 1.807) is 6.07 Å². The maximum Gasteiger partial charge on any atom is 0.0614 e. The summed E-state index contributed by atoms with van der Waals surface area (Å²) in [6.07, 6.45) is 5.05. The summed E-state index contributed by atoms with van der Waals surface area (Å²) >= 11 is 11.9. The number of nitrogen functional groups attached to an aromatic ring is 1. The third-order valence-electron chi connectivity index (χ3n) is 3.26. The molecule has 0 aromatic heterocycles. The van der Waals surface area contributed by atoms with E-state index in [1.807, 2.05) is 6.07 Å². The highest BCUT2D eigenvalue weighted by Gasteiger charge is 2.24. The lowest BCUT2D eigenvalue weighted by molar-refractivity contribution is 0.587. The van der Waals surface area contributed by atoms with Crippen LogP contribution in [-0.2, 0) is 0 Å².